The lowest BCUT2D eigenvalue weighted by molar-refractivity contribution is -0.127. The van der Waals surface area contributed by atoms with E-state index in [-0.39, 0.29) is 11.7 Å². The number of methoxy groups -OCH3 is 1. The van der Waals surface area contributed by atoms with E-state index in [9.17, 15) is 14.4 Å². The van der Waals surface area contributed by atoms with E-state index in [2.05, 4.69) is 0 Å². The number of hydrogen-bond donors (Lipinski definition) is 0. The molecular formula is C24H17NO4. The van der Waals surface area contributed by atoms with Gasteiger partial charge >= 0.3 is 0 Å². The molecule has 3 aromatic carbocycles. The molecule has 0 aromatic heterocycles. The van der Waals surface area contributed by atoms with Gasteiger partial charge in [0.25, 0.3) is 0 Å². The van der Waals surface area contributed by atoms with Crippen LogP contribution in [0.25, 0.3) is 16.3 Å². The van der Waals surface area contributed by atoms with Crippen LogP contribution < -0.4 is 9.64 Å². The Morgan fingerprint density at radius 3 is 2.28 bits per heavy atom. The van der Waals surface area contributed by atoms with Gasteiger partial charge in [0.15, 0.2) is 5.78 Å². The second-order valence-corrected chi connectivity index (χ2v) is 7.22. The maximum Gasteiger partial charge on any atom is 0.245 e. The first kappa shape index (κ1) is 17.4. The minimum atomic E-state index is -0.968. The number of carbonyl (C=O) groups excluding carboxylic acids is 3. The molecule has 2 atom stereocenters. The first-order valence-corrected chi connectivity index (χ1v) is 9.35. The van der Waals surface area contributed by atoms with E-state index in [0.29, 0.717) is 16.8 Å². The molecule has 1 aliphatic heterocycles. The smallest absolute Gasteiger partial charge is 0.245 e. The van der Waals surface area contributed by atoms with Crippen LogP contribution in [0.3, 0.4) is 0 Å². The van der Waals surface area contributed by atoms with Crippen molar-refractivity contribution in [3.8, 4) is 5.75 Å². The highest BCUT2D eigenvalue weighted by atomic mass is 16.5. The van der Waals surface area contributed by atoms with Gasteiger partial charge in [0.1, 0.15) is 11.7 Å². The van der Waals surface area contributed by atoms with E-state index in [4.69, 9.17) is 4.74 Å². The lowest BCUT2D eigenvalue weighted by Crippen LogP contribution is -2.32. The molecule has 2 amide bonds. The Labute approximate surface area is 167 Å². The third-order valence-corrected chi connectivity index (χ3v) is 5.62. The largest absolute Gasteiger partial charge is 0.497 e. The van der Waals surface area contributed by atoms with Gasteiger partial charge in [0.2, 0.25) is 11.8 Å². The molecule has 5 nitrogen and oxygen atoms in total. The van der Waals surface area contributed by atoms with Crippen LogP contribution in [0.2, 0.25) is 0 Å². The minimum Gasteiger partial charge on any atom is -0.497 e. The number of benzene rings is 3. The van der Waals surface area contributed by atoms with Crippen molar-refractivity contribution >= 4 is 39.6 Å². The van der Waals surface area contributed by atoms with Crippen molar-refractivity contribution in [2.75, 3.05) is 12.0 Å². The van der Waals surface area contributed by atoms with Crippen molar-refractivity contribution in [2.45, 2.75) is 0 Å². The predicted molar refractivity (Wildman–Crippen MR) is 109 cm³/mol. The van der Waals surface area contributed by atoms with Gasteiger partial charge in [-0.3, -0.25) is 14.4 Å². The Bertz CT molecular complexity index is 1210. The Morgan fingerprint density at radius 1 is 0.828 bits per heavy atom. The molecule has 0 bridgehead atoms. The highest BCUT2D eigenvalue weighted by Crippen LogP contribution is 2.42. The van der Waals surface area contributed by atoms with Gasteiger partial charge in [-0.1, -0.05) is 42.5 Å². The number of allylic oxidation sites excluding steroid dienone is 1. The Kier molecular flexibility index (Phi) is 3.84. The third-order valence-electron chi connectivity index (χ3n) is 5.62. The highest BCUT2D eigenvalue weighted by Gasteiger charge is 2.54. The lowest BCUT2D eigenvalue weighted by atomic mass is 9.95. The summed E-state index contributed by atoms with van der Waals surface area (Å²) in [6.45, 7) is 0. The van der Waals surface area contributed by atoms with E-state index >= 15 is 0 Å². The summed E-state index contributed by atoms with van der Waals surface area (Å²) in [5.41, 5.74) is 1.65. The van der Waals surface area contributed by atoms with Crippen molar-refractivity contribution in [2.24, 2.45) is 11.8 Å². The van der Waals surface area contributed by atoms with Crippen LogP contribution >= 0.6 is 0 Å². The van der Waals surface area contributed by atoms with Crippen LogP contribution in [0, 0.1) is 11.8 Å². The molecule has 5 heteroatoms. The summed E-state index contributed by atoms with van der Waals surface area (Å²) < 4.78 is 5.24. The second kappa shape index (κ2) is 6.41. The first-order chi connectivity index (χ1) is 14.1. The van der Waals surface area contributed by atoms with E-state index in [1.54, 1.807) is 37.5 Å². The summed E-state index contributed by atoms with van der Waals surface area (Å²) >= 11 is 0. The van der Waals surface area contributed by atoms with Crippen LogP contribution in [0.15, 0.2) is 72.8 Å². The van der Waals surface area contributed by atoms with Crippen molar-refractivity contribution < 1.29 is 19.1 Å². The number of para-hydroxylation sites is 1. The Morgan fingerprint density at radius 2 is 1.55 bits per heavy atom. The minimum absolute atomic E-state index is 0.292. The molecule has 0 N–H and O–H groups in total. The van der Waals surface area contributed by atoms with Gasteiger partial charge in [-0.2, -0.15) is 0 Å². The number of hydrogen-bond acceptors (Lipinski definition) is 4. The number of ether oxygens (including phenoxy) is 1. The molecule has 1 aliphatic carbocycles. The topological polar surface area (TPSA) is 63.7 Å². The van der Waals surface area contributed by atoms with E-state index in [1.165, 1.54) is 0 Å². The molecule has 0 radical (unpaired) electrons. The molecule has 0 unspecified atom stereocenters. The van der Waals surface area contributed by atoms with Gasteiger partial charge < -0.3 is 4.74 Å². The number of carbonyl (C=O) groups is 3. The van der Waals surface area contributed by atoms with Crippen LogP contribution in [0.1, 0.15) is 5.56 Å². The number of nitrogens with zero attached hydrogens (tertiary/aromatic N) is 1. The van der Waals surface area contributed by atoms with Gasteiger partial charge in [-0.15, -0.1) is 0 Å². The average molecular weight is 383 g/mol. The summed E-state index contributed by atoms with van der Waals surface area (Å²) in [6, 6.07) is 20.1. The number of fused-ring (bicyclic) bond motifs is 2. The summed E-state index contributed by atoms with van der Waals surface area (Å²) in [5.74, 6) is -2.04. The maximum atomic E-state index is 13.1. The molecular weight excluding hydrogens is 366 g/mol. The molecule has 1 saturated heterocycles. The summed E-state index contributed by atoms with van der Waals surface area (Å²) in [5, 5.41) is 1.94. The third kappa shape index (κ3) is 2.58. The Balaban J connectivity index is 1.52. The molecule has 5 rings (SSSR count). The summed E-state index contributed by atoms with van der Waals surface area (Å²) in [6.07, 6.45) is 1.65. The van der Waals surface area contributed by atoms with Gasteiger partial charge in [0, 0.05) is 5.57 Å². The lowest BCUT2D eigenvalue weighted by Gasteiger charge is -2.15. The predicted octanol–water partition coefficient (Wildman–Crippen LogP) is 3.62. The number of Topliss-reactive ketones (excluding diaryl/α,β-unsaturated/α-hetero) is 1. The normalized spacial score (nSPS) is 20.9. The number of rotatable bonds is 3. The van der Waals surface area contributed by atoms with Gasteiger partial charge in [-0.25, -0.2) is 4.90 Å². The standard InChI is InChI=1S/C24H17NO4/c1-29-18-10-9-14-11-16(8-7-15(14)12-18)19-13-20-21(22(19)26)24(28)25(23(20)27)17-5-3-2-4-6-17/h2-13,20-21H,1H3/t20-,21-/m1/s1. The first-order valence-electron chi connectivity index (χ1n) is 9.35. The number of amides is 2. The van der Waals surface area contributed by atoms with E-state index in [0.717, 1.165) is 21.4 Å². The molecule has 1 heterocycles. The molecule has 0 spiro atoms. The van der Waals surface area contributed by atoms with Crippen molar-refractivity contribution in [1.82, 2.24) is 0 Å². The number of anilines is 1. The second-order valence-electron chi connectivity index (χ2n) is 7.22. The van der Waals surface area contributed by atoms with E-state index < -0.39 is 17.7 Å². The quantitative estimate of drug-likeness (QED) is 0.512. The molecule has 142 valence electrons. The van der Waals surface area contributed by atoms with Crippen LogP contribution in [0.5, 0.6) is 5.75 Å². The highest BCUT2D eigenvalue weighted by molar-refractivity contribution is 6.39. The van der Waals surface area contributed by atoms with E-state index in [1.807, 2.05) is 42.5 Å². The van der Waals surface area contributed by atoms with Crippen LogP contribution in [-0.4, -0.2) is 24.7 Å². The number of ketones is 1. The fraction of sp³-hybridized carbons (Fsp3) is 0.125. The van der Waals surface area contributed by atoms with Gasteiger partial charge in [-0.05, 0) is 46.7 Å². The molecule has 1 fully saturated rings. The SMILES string of the molecule is COc1ccc2cc(C3=C[C@H]4C(=O)N(c5ccccc5)C(=O)[C@H]4C3=O)ccc2c1. The fourth-order valence-electron chi connectivity index (χ4n) is 4.15. The van der Waals surface area contributed by atoms with Crippen LogP contribution in [-0.2, 0) is 14.4 Å². The average Bonchev–Trinajstić information content (AvgIpc) is 3.22. The Hall–Kier alpha value is -3.73. The molecule has 2 aliphatic rings. The monoisotopic (exact) mass is 383 g/mol. The molecule has 29 heavy (non-hydrogen) atoms. The zero-order valence-corrected chi connectivity index (χ0v) is 15.7. The van der Waals surface area contributed by atoms with Crippen molar-refractivity contribution in [3.05, 3.63) is 78.4 Å². The summed E-state index contributed by atoms with van der Waals surface area (Å²) in [7, 11) is 1.61. The maximum absolute atomic E-state index is 13.1. The molecule has 3 aromatic rings. The summed E-state index contributed by atoms with van der Waals surface area (Å²) in [4.78, 5) is 40.0. The van der Waals surface area contributed by atoms with Gasteiger partial charge in [0.05, 0.1) is 18.7 Å². The number of imide groups is 1. The van der Waals surface area contributed by atoms with Crippen molar-refractivity contribution in [3.63, 3.8) is 0 Å². The zero-order chi connectivity index (χ0) is 20.1. The van der Waals surface area contributed by atoms with Crippen molar-refractivity contribution in [1.29, 1.82) is 0 Å². The fourth-order valence-corrected chi connectivity index (χ4v) is 4.15. The zero-order valence-electron chi connectivity index (χ0n) is 15.7. The van der Waals surface area contributed by atoms with Crippen LogP contribution in [0.4, 0.5) is 5.69 Å². The molecule has 0 saturated carbocycles.